The molecule has 0 amide bonds. The summed E-state index contributed by atoms with van der Waals surface area (Å²) < 4.78 is 37.3. The molecule has 0 aliphatic heterocycles. The van der Waals surface area contributed by atoms with E-state index in [4.69, 9.17) is 12.7 Å². The number of rotatable bonds is 5. The highest BCUT2D eigenvalue weighted by Gasteiger charge is 2.18. The predicted octanol–water partition coefficient (Wildman–Crippen LogP) is 13.4. The first kappa shape index (κ1) is 26.0. The van der Waals surface area contributed by atoms with Gasteiger partial charge in [0.1, 0.15) is 0 Å². The zero-order valence-electron chi connectivity index (χ0n) is 32.1. The van der Waals surface area contributed by atoms with Gasteiger partial charge in [0.2, 0.25) is 0 Å². The second-order valence-electron chi connectivity index (χ2n) is 13.0. The summed E-state index contributed by atoms with van der Waals surface area (Å²) in [4.78, 5) is 10.1. The lowest BCUT2D eigenvalue weighted by Gasteiger charge is -2.17. The van der Waals surface area contributed by atoms with Crippen molar-refractivity contribution in [3.63, 3.8) is 0 Å². The van der Waals surface area contributed by atoms with Crippen molar-refractivity contribution in [1.29, 1.82) is 0 Å². The molecule has 1 heterocycles. The minimum atomic E-state index is -0.00501. The van der Waals surface area contributed by atoms with Crippen LogP contribution < -0.4 is 0 Å². The van der Waals surface area contributed by atoms with Gasteiger partial charge in [-0.05, 0) is 77.5 Å². The van der Waals surface area contributed by atoms with Crippen LogP contribution in [0.25, 0.3) is 99.2 Å². The van der Waals surface area contributed by atoms with E-state index >= 15 is 0 Å². The normalized spacial score (nSPS) is 12.5. The van der Waals surface area contributed by atoms with Crippen LogP contribution in [0, 0.1) is 0 Å². The van der Waals surface area contributed by atoms with Crippen molar-refractivity contribution in [2.24, 2.45) is 0 Å². The Morgan fingerprint density at radius 3 is 1.69 bits per heavy atom. The molecule has 52 heavy (non-hydrogen) atoms. The first-order valence-corrected chi connectivity index (χ1v) is 17.4. The van der Waals surface area contributed by atoms with Crippen LogP contribution in [0.2, 0.25) is 0 Å². The fourth-order valence-corrected chi connectivity index (χ4v) is 7.45. The van der Waals surface area contributed by atoms with Gasteiger partial charge < -0.3 is 0 Å². The highest BCUT2D eigenvalue weighted by atomic mass is 14.9. The van der Waals surface area contributed by atoms with Gasteiger partial charge in [0, 0.05) is 16.7 Å². The van der Waals surface area contributed by atoms with Crippen LogP contribution in [0.4, 0.5) is 0 Å². The largest absolute Gasteiger partial charge is 0.228 e. The standard InChI is InChI=1S/C50H32N2/c1-3-13-33(14-4-1)34-23-25-36(26-24-34)47-32-48(52-50(51-47)37-16-5-2-6-17-37)43-29-30-44(42-22-12-11-21-41(42)43)49-40-20-10-8-18-38(40)31-46-39-19-9-7-15-35(39)27-28-45(46)49/h1-32H/i11D,12D,29D,30D. The van der Waals surface area contributed by atoms with E-state index in [0.29, 0.717) is 39.1 Å². The third-order valence-electron chi connectivity index (χ3n) is 9.98. The smallest absolute Gasteiger partial charge is 0.160 e. The van der Waals surface area contributed by atoms with Gasteiger partial charge >= 0.3 is 0 Å². The van der Waals surface area contributed by atoms with Crippen molar-refractivity contribution in [3.8, 4) is 56.2 Å². The quantitative estimate of drug-likeness (QED) is 0.135. The molecule has 242 valence electrons. The molecule has 10 rings (SSSR count). The maximum atomic E-state index is 9.84. The van der Waals surface area contributed by atoms with E-state index in [2.05, 4.69) is 66.7 Å². The topological polar surface area (TPSA) is 25.8 Å². The predicted molar refractivity (Wildman–Crippen MR) is 219 cm³/mol. The molecule has 9 aromatic carbocycles. The monoisotopic (exact) mass is 664 g/mol. The minimum Gasteiger partial charge on any atom is -0.228 e. The van der Waals surface area contributed by atoms with Crippen LogP contribution in [0.3, 0.4) is 0 Å². The Morgan fingerprint density at radius 2 is 0.923 bits per heavy atom. The van der Waals surface area contributed by atoms with Gasteiger partial charge in [-0.25, -0.2) is 9.97 Å². The molecular weight excluding hydrogens is 629 g/mol. The second-order valence-corrected chi connectivity index (χ2v) is 13.0. The van der Waals surface area contributed by atoms with Crippen molar-refractivity contribution in [1.82, 2.24) is 9.97 Å². The molecule has 10 aromatic rings. The third kappa shape index (κ3) is 5.12. The van der Waals surface area contributed by atoms with Gasteiger partial charge in [-0.2, -0.15) is 0 Å². The molecule has 1 aromatic heterocycles. The van der Waals surface area contributed by atoms with Crippen molar-refractivity contribution in [2.45, 2.75) is 0 Å². The fraction of sp³-hybridized carbons (Fsp3) is 0. The van der Waals surface area contributed by atoms with E-state index in [9.17, 15) is 2.74 Å². The van der Waals surface area contributed by atoms with E-state index < -0.39 is 0 Å². The lowest BCUT2D eigenvalue weighted by Crippen LogP contribution is -1.97. The number of hydrogen-bond donors (Lipinski definition) is 0. The summed E-state index contributed by atoms with van der Waals surface area (Å²) in [5, 5.41) is 7.41. The van der Waals surface area contributed by atoms with E-state index in [1.807, 2.05) is 91.0 Å². The SMILES string of the molecule is [2H]c1cc2c(-c3cc(-c4ccc(-c5ccccc5)cc4)nc(-c4ccccc4)n3)c([2H])c([2H])c(-c3c4ccccc4cc4c3ccc3ccccc34)c2cc1[2H]. The van der Waals surface area contributed by atoms with Crippen LogP contribution in [0.5, 0.6) is 0 Å². The summed E-state index contributed by atoms with van der Waals surface area (Å²) in [6.07, 6.45) is 0. The van der Waals surface area contributed by atoms with E-state index in [-0.39, 0.29) is 24.2 Å². The molecule has 2 heteroatoms. The lowest BCUT2D eigenvalue weighted by atomic mass is 9.86. The number of hydrogen-bond acceptors (Lipinski definition) is 2. The maximum absolute atomic E-state index is 9.84. The van der Waals surface area contributed by atoms with Gasteiger partial charge in [-0.15, -0.1) is 0 Å². The first-order chi connectivity index (χ1) is 27.4. The van der Waals surface area contributed by atoms with Crippen molar-refractivity contribution < 1.29 is 5.48 Å². The highest BCUT2D eigenvalue weighted by molar-refractivity contribution is 6.23. The average Bonchev–Trinajstić information content (AvgIpc) is 3.25. The van der Waals surface area contributed by atoms with Gasteiger partial charge in [0.05, 0.1) is 16.9 Å². The number of fused-ring (bicyclic) bond motifs is 5. The van der Waals surface area contributed by atoms with Crippen molar-refractivity contribution in [3.05, 3.63) is 194 Å². The molecule has 0 atom stereocenters. The van der Waals surface area contributed by atoms with Crippen LogP contribution in [-0.4, -0.2) is 9.97 Å². The Morgan fingerprint density at radius 1 is 0.346 bits per heavy atom. The summed E-state index contributed by atoms with van der Waals surface area (Å²) in [6.45, 7) is 0. The molecule has 0 saturated heterocycles. The highest BCUT2D eigenvalue weighted by Crippen LogP contribution is 2.44. The minimum absolute atomic E-state index is 0.00501. The Balaban J connectivity index is 1.27. The molecular formula is C50H32N2. The van der Waals surface area contributed by atoms with E-state index in [0.717, 1.165) is 60.1 Å². The Bertz CT molecular complexity index is 3160. The molecule has 2 nitrogen and oxygen atoms in total. The van der Waals surface area contributed by atoms with Gasteiger partial charge in [0.25, 0.3) is 0 Å². The molecule has 0 spiro atoms. The van der Waals surface area contributed by atoms with Crippen LogP contribution in [-0.2, 0) is 0 Å². The Labute approximate surface area is 308 Å². The number of benzene rings is 9. The third-order valence-corrected chi connectivity index (χ3v) is 9.98. The molecule has 0 aliphatic carbocycles. The Hall–Kier alpha value is -6.90. The molecule has 0 N–H and O–H groups in total. The molecule has 0 saturated carbocycles. The summed E-state index contributed by atoms with van der Waals surface area (Å²) in [7, 11) is 0. The summed E-state index contributed by atoms with van der Waals surface area (Å²) in [6, 6.07) is 56.5. The molecule has 0 bridgehead atoms. The zero-order chi connectivity index (χ0) is 37.9. The van der Waals surface area contributed by atoms with Gasteiger partial charge in [-0.1, -0.05) is 182 Å². The maximum Gasteiger partial charge on any atom is 0.160 e. The molecule has 0 aliphatic rings. The number of nitrogens with zero attached hydrogens (tertiary/aromatic N) is 2. The molecule has 0 radical (unpaired) electrons. The first-order valence-electron chi connectivity index (χ1n) is 19.4. The van der Waals surface area contributed by atoms with Crippen molar-refractivity contribution in [2.75, 3.05) is 0 Å². The van der Waals surface area contributed by atoms with E-state index in [1.165, 1.54) is 0 Å². The summed E-state index contributed by atoms with van der Waals surface area (Å²) >= 11 is 0. The summed E-state index contributed by atoms with van der Waals surface area (Å²) in [5.41, 5.74) is 6.88. The zero-order valence-corrected chi connectivity index (χ0v) is 28.1. The van der Waals surface area contributed by atoms with Crippen LogP contribution in [0.1, 0.15) is 5.48 Å². The lowest BCUT2D eigenvalue weighted by molar-refractivity contribution is 1.18. The van der Waals surface area contributed by atoms with Gasteiger partial charge in [-0.3, -0.25) is 0 Å². The summed E-state index contributed by atoms with van der Waals surface area (Å²) in [5.74, 6) is 0.489. The van der Waals surface area contributed by atoms with Crippen LogP contribution in [0.15, 0.2) is 194 Å². The molecule has 0 unspecified atom stereocenters. The molecule has 0 fully saturated rings. The number of aromatic nitrogens is 2. The Kier molecular flexibility index (Phi) is 6.22. The van der Waals surface area contributed by atoms with Crippen LogP contribution >= 0.6 is 0 Å². The van der Waals surface area contributed by atoms with Crippen molar-refractivity contribution >= 4 is 43.1 Å². The fourth-order valence-electron chi connectivity index (χ4n) is 7.45. The second kappa shape index (κ2) is 12.5. The van der Waals surface area contributed by atoms with Gasteiger partial charge in [0.15, 0.2) is 5.82 Å². The average molecular weight is 665 g/mol. The van der Waals surface area contributed by atoms with E-state index in [1.54, 1.807) is 12.1 Å².